The molecule has 5 rings (SSSR count). The number of alkyl halides is 3. The summed E-state index contributed by atoms with van der Waals surface area (Å²) in [7, 11) is -4.60. The van der Waals surface area contributed by atoms with E-state index < -0.39 is 40.2 Å². The van der Waals surface area contributed by atoms with Crippen molar-refractivity contribution in [3.63, 3.8) is 0 Å². The molecule has 2 heterocycles. The van der Waals surface area contributed by atoms with Gasteiger partial charge in [-0.1, -0.05) is 50.5 Å². The second kappa shape index (κ2) is 12.5. The Labute approximate surface area is 249 Å². The Morgan fingerprint density at radius 1 is 0.860 bits per heavy atom. The van der Waals surface area contributed by atoms with Crippen LogP contribution in [0.15, 0.2) is 72.8 Å². The number of hydrogen-bond donors (Lipinski definition) is 2. The fourth-order valence-electron chi connectivity index (χ4n) is 5.72. The molecule has 0 radical (unpaired) electrons. The van der Waals surface area contributed by atoms with Crippen LogP contribution in [0.2, 0.25) is 0 Å². The van der Waals surface area contributed by atoms with Crippen molar-refractivity contribution in [2.45, 2.75) is 62.7 Å². The van der Waals surface area contributed by atoms with Crippen LogP contribution in [-0.4, -0.2) is 55.4 Å². The third kappa shape index (κ3) is 6.78. The first-order chi connectivity index (χ1) is 20.5. The number of phenols is 2. The lowest BCUT2D eigenvalue weighted by molar-refractivity contribution is -0.117. The van der Waals surface area contributed by atoms with Gasteiger partial charge in [-0.2, -0.15) is 13.2 Å². The molecule has 43 heavy (non-hydrogen) atoms. The number of unbranched alkanes of at least 4 members (excludes halogenated alkanes) is 3. The van der Waals surface area contributed by atoms with E-state index in [0.717, 1.165) is 25.7 Å². The second-order valence-corrected chi connectivity index (χ2v) is 12.9. The van der Waals surface area contributed by atoms with Crippen LogP contribution in [0.1, 0.15) is 50.2 Å². The first-order valence-corrected chi connectivity index (χ1v) is 15.8. The Kier molecular flexibility index (Phi) is 8.94. The maximum atomic E-state index is 14.1. The number of aromatic hydroxyl groups is 2. The van der Waals surface area contributed by atoms with Gasteiger partial charge in [0.1, 0.15) is 35.1 Å². The van der Waals surface area contributed by atoms with Gasteiger partial charge >= 0.3 is 6.18 Å². The zero-order chi connectivity index (χ0) is 30.8. The SMILES string of the molecule is CCCCCCOc1ccc(N(CC(F)(F)F)S(=O)(=O)[C@H]2C[C@H]3O[C@@H]2C(c2ccc(O)cc2)=C3c2ccc(O)cc2)cc1. The van der Waals surface area contributed by atoms with Gasteiger partial charge in [-0.05, 0) is 83.6 Å². The predicted octanol–water partition coefficient (Wildman–Crippen LogP) is 6.91. The van der Waals surface area contributed by atoms with E-state index in [4.69, 9.17) is 9.47 Å². The largest absolute Gasteiger partial charge is 0.508 e. The van der Waals surface area contributed by atoms with Crippen LogP contribution in [0.5, 0.6) is 17.2 Å². The number of benzene rings is 3. The molecule has 2 aliphatic rings. The Bertz CT molecular complexity index is 1540. The van der Waals surface area contributed by atoms with Crippen molar-refractivity contribution in [3.8, 4) is 17.2 Å². The van der Waals surface area contributed by atoms with Gasteiger partial charge in [-0.15, -0.1) is 0 Å². The first kappa shape index (κ1) is 30.7. The summed E-state index contributed by atoms with van der Waals surface area (Å²) in [4.78, 5) is 0. The van der Waals surface area contributed by atoms with E-state index in [-0.39, 0.29) is 23.6 Å². The maximum absolute atomic E-state index is 14.1. The highest BCUT2D eigenvalue weighted by Gasteiger charge is 2.55. The minimum absolute atomic E-state index is 0.00789. The van der Waals surface area contributed by atoms with E-state index in [1.165, 1.54) is 48.5 Å². The molecule has 11 heteroatoms. The Morgan fingerprint density at radius 3 is 2.00 bits per heavy atom. The summed E-state index contributed by atoms with van der Waals surface area (Å²) in [5.74, 6) is 0.508. The number of rotatable bonds is 12. The zero-order valence-electron chi connectivity index (χ0n) is 23.6. The molecule has 2 bridgehead atoms. The fraction of sp³-hybridized carbons (Fsp3) is 0.375. The van der Waals surface area contributed by atoms with Crippen LogP contribution in [0.3, 0.4) is 0 Å². The highest BCUT2D eigenvalue weighted by molar-refractivity contribution is 7.93. The molecule has 2 aliphatic heterocycles. The molecule has 0 aromatic heterocycles. The summed E-state index contributed by atoms with van der Waals surface area (Å²) in [5, 5.41) is 18.3. The fourth-order valence-corrected chi connectivity index (χ4v) is 7.72. The lowest BCUT2D eigenvalue weighted by atomic mass is 9.83. The summed E-state index contributed by atoms with van der Waals surface area (Å²) in [5.41, 5.74) is 2.38. The smallest absolute Gasteiger partial charge is 0.407 e. The van der Waals surface area contributed by atoms with Crippen LogP contribution in [-0.2, 0) is 14.8 Å². The lowest BCUT2D eigenvalue weighted by Gasteiger charge is -2.32. The number of phenolic OH excluding ortho intramolecular Hbond substituents is 2. The van der Waals surface area contributed by atoms with Gasteiger partial charge in [-0.25, -0.2) is 8.42 Å². The molecular formula is C32H34F3NO6S. The van der Waals surface area contributed by atoms with Gasteiger partial charge in [0.15, 0.2) is 0 Å². The number of fused-ring (bicyclic) bond motifs is 2. The van der Waals surface area contributed by atoms with E-state index in [1.807, 2.05) is 0 Å². The quantitative estimate of drug-likeness (QED) is 0.215. The van der Waals surface area contributed by atoms with Gasteiger partial charge in [0.25, 0.3) is 0 Å². The van der Waals surface area contributed by atoms with Gasteiger partial charge in [0.05, 0.1) is 18.4 Å². The Hall–Kier alpha value is -3.70. The van der Waals surface area contributed by atoms with E-state index in [1.54, 1.807) is 24.3 Å². The predicted molar refractivity (Wildman–Crippen MR) is 158 cm³/mol. The van der Waals surface area contributed by atoms with Crippen molar-refractivity contribution in [2.24, 2.45) is 0 Å². The van der Waals surface area contributed by atoms with Gasteiger partial charge in [-0.3, -0.25) is 4.31 Å². The summed E-state index contributed by atoms with van der Waals surface area (Å²) in [6.45, 7) is 0.869. The minimum atomic E-state index is -4.80. The molecule has 0 aliphatic carbocycles. The molecule has 0 spiro atoms. The third-order valence-electron chi connectivity index (χ3n) is 7.75. The zero-order valence-corrected chi connectivity index (χ0v) is 24.4. The molecule has 0 saturated carbocycles. The van der Waals surface area contributed by atoms with Gasteiger partial charge in [0, 0.05) is 0 Å². The summed E-state index contributed by atoms with van der Waals surface area (Å²) in [6, 6.07) is 18.1. The van der Waals surface area contributed by atoms with E-state index in [9.17, 15) is 31.8 Å². The molecular weight excluding hydrogens is 583 g/mol. The standard InChI is InChI=1S/C32H34F3NO6S/c1-2-3-4-5-18-41-26-16-10-23(11-17-26)36(20-32(33,34)35)43(39,40)28-19-27-29(21-6-12-24(37)13-7-21)30(31(28)42-27)22-8-14-25(38)15-9-22/h6-17,27-28,31,37-38H,2-5,18-20H2,1H3/t27-,28+,31+/m1/s1. The molecule has 0 amide bonds. The first-order valence-electron chi connectivity index (χ1n) is 14.3. The van der Waals surface area contributed by atoms with E-state index >= 15 is 0 Å². The average Bonchev–Trinajstić information content (AvgIpc) is 3.57. The summed E-state index contributed by atoms with van der Waals surface area (Å²) in [6.07, 6.45) is -2.58. The highest BCUT2D eigenvalue weighted by Crippen LogP contribution is 2.51. The van der Waals surface area contributed by atoms with Crippen LogP contribution in [0, 0.1) is 0 Å². The molecule has 0 unspecified atom stereocenters. The van der Waals surface area contributed by atoms with Crippen LogP contribution in [0.25, 0.3) is 11.1 Å². The summed E-state index contributed by atoms with van der Waals surface area (Å²) < 4.78 is 81.9. The molecule has 1 saturated heterocycles. The molecule has 3 atom stereocenters. The molecule has 1 fully saturated rings. The number of anilines is 1. The maximum Gasteiger partial charge on any atom is 0.407 e. The Balaban J connectivity index is 1.48. The lowest BCUT2D eigenvalue weighted by Crippen LogP contribution is -2.47. The average molecular weight is 618 g/mol. The van der Waals surface area contributed by atoms with Crippen molar-refractivity contribution in [1.29, 1.82) is 0 Å². The number of halogens is 3. The van der Waals surface area contributed by atoms with Gasteiger partial charge in [0.2, 0.25) is 10.0 Å². The third-order valence-corrected chi connectivity index (χ3v) is 9.91. The van der Waals surface area contributed by atoms with Gasteiger partial charge < -0.3 is 19.7 Å². The molecule has 230 valence electrons. The number of nitrogens with zero attached hydrogens (tertiary/aromatic N) is 1. The van der Waals surface area contributed by atoms with Crippen molar-refractivity contribution in [2.75, 3.05) is 17.5 Å². The van der Waals surface area contributed by atoms with Crippen molar-refractivity contribution >= 4 is 26.9 Å². The monoisotopic (exact) mass is 617 g/mol. The van der Waals surface area contributed by atoms with Crippen LogP contribution < -0.4 is 9.04 Å². The minimum Gasteiger partial charge on any atom is -0.508 e. The van der Waals surface area contributed by atoms with E-state index in [0.29, 0.717) is 38.9 Å². The second-order valence-electron chi connectivity index (χ2n) is 10.8. The number of ether oxygens (including phenoxy) is 2. The molecule has 2 N–H and O–H groups in total. The van der Waals surface area contributed by atoms with Crippen LogP contribution in [0.4, 0.5) is 18.9 Å². The number of hydrogen-bond acceptors (Lipinski definition) is 6. The van der Waals surface area contributed by atoms with Crippen LogP contribution >= 0.6 is 0 Å². The highest BCUT2D eigenvalue weighted by atomic mass is 32.2. The normalized spacial score (nSPS) is 20.0. The topological polar surface area (TPSA) is 96.3 Å². The van der Waals surface area contributed by atoms with Crippen molar-refractivity contribution in [1.82, 2.24) is 0 Å². The number of sulfonamides is 1. The van der Waals surface area contributed by atoms with E-state index in [2.05, 4.69) is 6.92 Å². The molecule has 3 aromatic carbocycles. The van der Waals surface area contributed by atoms with Crippen molar-refractivity contribution in [3.05, 3.63) is 83.9 Å². The van der Waals surface area contributed by atoms with Crippen molar-refractivity contribution < 1.29 is 41.3 Å². The summed E-state index contributed by atoms with van der Waals surface area (Å²) >= 11 is 0. The molecule has 3 aromatic rings. The molecule has 7 nitrogen and oxygen atoms in total. The Morgan fingerprint density at radius 2 is 1.44 bits per heavy atom.